The first-order valence-electron chi connectivity index (χ1n) is 12.6. The molecule has 0 aliphatic carbocycles. The SMILES string of the molecule is C[C@@H](Oc1ccc(N2CCN(CCn3cnc4c3nc(N)n3nc(-c5ccco5)cc43)CC2)c(F)c1)C(=O)O. The van der Waals surface area contributed by atoms with E-state index in [1.807, 2.05) is 21.6 Å². The third-order valence-corrected chi connectivity index (χ3v) is 6.92. The summed E-state index contributed by atoms with van der Waals surface area (Å²) < 4.78 is 29.1. The molecule has 5 heterocycles. The maximum absolute atomic E-state index is 14.8. The first-order valence-corrected chi connectivity index (χ1v) is 12.6. The Labute approximate surface area is 222 Å². The van der Waals surface area contributed by atoms with Gasteiger partial charge in [0.05, 0.1) is 18.3 Å². The van der Waals surface area contributed by atoms with Gasteiger partial charge in [-0.1, -0.05) is 0 Å². The molecule has 1 aliphatic rings. The molecule has 12 nitrogen and oxygen atoms in total. The molecule has 1 atom stereocenters. The number of fused-ring (bicyclic) bond motifs is 3. The van der Waals surface area contributed by atoms with Gasteiger partial charge in [-0.15, -0.1) is 0 Å². The number of rotatable bonds is 8. The molecular weight excluding hydrogens is 507 g/mol. The van der Waals surface area contributed by atoms with Crippen LogP contribution in [0.25, 0.3) is 28.1 Å². The van der Waals surface area contributed by atoms with Crippen LogP contribution >= 0.6 is 0 Å². The standard InChI is InChI=1S/C26H27FN8O4/c1-16(25(36)37)39-17-4-5-20(18(27)13-17)33-9-6-32(7-10-33)8-11-34-15-29-23-21-14-19(22-3-2-12-38-22)31-35(21)26(28)30-24(23)34/h2-5,12-16H,6-11H2,1H3,(H2,28,30)(H,36,37)/t16-/m1/s1. The molecule has 3 N–H and O–H groups in total. The van der Waals surface area contributed by atoms with Gasteiger partial charge in [0, 0.05) is 45.3 Å². The van der Waals surface area contributed by atoms with Crippen molar-refractivity contribution >= 4 is 34.3 Å². The predicted molar refractivity (Wildman–Crippen MR) is 141 cm³/mol. The number of carboxylic acids is 1. The zero-order chi connectivity index (χ0) is 27.1. The maximum Gasteiger partial charge on any atom is 0.344 e. The van der Waals surface area contributed by atoms with Crippen molar-refractivity contribution in [3.63, 3.8) is 0 Å². The van der Waals surface area contributed by atoms with E-state index in [9.17, 15) is 9.18 Å². The van der Waals surface area contributed by atoms with Crippen LogP contribution in [0.4, 0.5) is 16.0 Å². The minimum Gasteiger partial charge on any atom is -0.479 e. The average molecular weight is 535 g/mol. The van der Waals surface area contributed by atoms with Gasteiger partial charge in [0.25, 0.3) is 0 Å². The van der Waals surface area contributed by atoms with Gasteiger partial charge in [-0.3, -0.25) is 4.90 Å². The highest BCUT2D eigenvalue weighted by Crippen LogP contribution is 2.27. The molecule has 0 spiro atoms. The van der Waals surface area contributed by atoms with Crippen molar-refractivity contribution in [3.05, 3.63) is 54.8 Å². The van der Waals surface area contributed by atoms with Gasteiger partial charge in [0.15, 0.2) is 17.5 Å². The molecule has 0 saturated carbocycles. The summed E-state index contributed by atoms with van der Waals surface area (Å²) in [4.78, 5) is 24.4. The number of hydrogen-bond acceptors (Lipinski definition) is 9. The number of piperazine rings is 1. The summed E-state index contributed by atoms with van der Waals surface area (Å²) in [5, 5.41) is 13.5. The van der Waals surface area contributed by atoms with Crippen LogP contribution in [0.3, 0.4) is 0 Å². The Balaban J connectivity index is 1.10. The molecule has 0 amide bonds. The van der Waals surface area contributed by atoms with E-state index in [1.165, 1.54) is 13.0 Å². The predicted octanol–water partition coefficient (Wildman–Crippen LogP) is 2.73. The largest absolute Gasteiger partial charge is 0.479 e. The molecule has 0 bridgehead atoms. The van der Waals surface area contributed by atoms with Gasteiger partial charge in [0.2, 0.25) is 5.95 Å². The molecule has 13 heteroatoms. The summed E-state index contributed by atoms with van der Waals surface area (Å²) in [6, 6.07) is 10.00. The summed E-state index contributed by atoms with van der Waals surface area (Å²) in [7, 11) is 0. The molecule has 5 aromatic rings. The minimum absolute atomic E-state index is 0.192. The van der Waals surface area contributed by atoms with E-state index in [1.54, 1.807) is 35.3 Å². The van der Waals surface area contributed by atoms with Crippen molar-refractivity contribution in [3.8, 4) is 17.2 Å². The average Bonchev–Trinajstić information content (AvgIpc) is 3.68. The van der Waals surface area contributed by atoms with E-state index in [2.05, 4.69) is 20.0 Å². The number of carbonyl (C=O) groups is 1. The summed E-state index contributed by atoms with van der Waals surface area (Å²) in [5.74, 6) is -0.443. The molecule has 1 aliphatic heterocycles. The Hall–Kier alpha value is -4.65. The van der Waals surface area contributed by atoms with Gasteiger partial charge in [-0.05, 0) is 37.3 Å². The Morgan fingerprint density at radius 1 is 1.21 bits per heavy atom. The minimum atomic E-state index is -1.10. The van der Waals surface area contributed by atoms with Crippen LogP contribution in [0.5, 0.6) is 5.75 Å². The summed E-state index contributed by atoms with van der Waals surface area (Å²) in [5.41, 5.74) is 9.50. The number of anilines is 2. The fourth-order valence-electron chi connectivity index (χ4n) is 4.80. The number of benzene rings is 1. The molecular formula is C26H27FN8O4. The fourth-order valence-corrected chi connectivity index (χ4v) is 4.80. The Morgan fingerprint density at radius 2 is 2.03 bits per heavy atom. The lowest BCUT2D eigenvalue weighted by Crippen LogP contribution is -2.47. The van der Waals surface area contributed by atoms with Crippen molar-refractivity contribution in [2.24, 2.45) is 0 Å². The van der Waals surface area contributed by atoms with Crippen LogP contribution in [-0.4, -0.2) is 79.0 Å². The summed E-state index contributed by atoms with van der Waals surface area (Å²) >= 11 is 0. The quantitative estimate of drug-likeness (QED) is 0.305. The number of nitrogens with zero attached hydrogens (tertiary/aromatic N) is 7. The van der Waals surface area contributed by atoms with E-state index >= 15 is 0 Å². The number of ether oxygens (including phenoxy) is 1. The number of aliphatic carboxylic acids is 1. The van der Waals surface area contributed by atoms with Crippen LogP contribution < -0.4 is 15.4 Å². The number of nitrogens with two attached hydrogens (primary N) is 1. The van der Waals surface area contributed by atoms with E-state index in [0.29, 0.717) is 47.9 Å². The van der Waals surface area contributed by atoms with Crippen LogP contribution in [0.15, 0.2) is 53.4 Å². The van der Waals surface area contributed by atoms with Crippen molar-refractivity contribution < 1.29 is 23.4 Å². The Kier molecular flexibility index (Phi) is 6.27. The third-order valence-electron chi connectivity index (χ3n) is 6.92. The summed E-state index contributed by atoms with van der Waals surface area (Å²) in [6.45, 7) is 5.67. The lowest BCUT2D eigenvalue weighted by Gasteiger charge is -2.36. The lowest BCUT2D eigenvalue weighted by molar-refractivity contribution is -0.144. The Morgan fingerprint density at radius 3 is 2.74 bits per heavy atom. The van der Waals surface area contributed by atoms with Gasteiger partial charge in [0.1, 0.15) is 28.3 Å². The van der Waals surface area contributed by atoms with E-state index < -0.39 is 17.9 Å². The second-order valence-corrected chi connectivity index (χ2v) is 9.42. The molecule has 39 heavy (non-hydrogen) atoms. The van der Waals surface area contributed by atoms with E-state index in [0.717, 1.165) is 25.2 Å². The van der Waals surface area contributed by atoms with Crippen LogP contribution in [0, 0.1) is 5.82 Å². The van der Waals surface area contributed by atoms with Crippen LogP contribution in [-0.2, 0) is 11.3 Å². The third kappa shape index (κ3) is 4.72. The monoisotopic (exact) mass is 534 g/mol. The highest BCUT2D eigenvalue weighted by Gasteiger charge is 2.22. The van der Waals surface area contributed by atoms with Gasteiger partial charge in [-0.25, -0.2) is 14.2 Å². The molecule has 1 aromatic carbocycles. The molecule has 4 aromatic heterocycles. The van der Waals surface area contributed by atoms with Crippen LogP contribution in [0.2, 0.25) is 0 Å². The van der Waals surface area contributed by atoms with Gasteiger partial charge >= 0.3 is 5.97 Å². The highest BCUT2D eigenvalue weighted by atomic mass is 19.1. The first kappa shape index (κ1) is 24.7. The molecule has 1 fully saturated rings. The number of hydrogen-bond donors (Lipinski definition) is 2. The van der Waals surface area contributed by atoms with Crippen molar-refractivity contribution in [2.45, 2.75) is 19.6 Å². The smallest absolute Gasteiger partial charge is 0.344 e. The topological polar surface area (TPSA) is 140 Å². The highest BCUT2D eigenvalue weighted by molar-refractivity contribution is 5.90. The first-order chi connectivity index (χ1) is 18.9. The second-order valence-electron chi connectivity index (χ2n) is 9.42. The van der Waals surface area contributed by atoms with Crippen LogP contribution in [0.1, 0.15) is 6.92 Å². The zero-order valence-corrected chi connectivity index (χ0v) is 21.2. The number of aromatic nitrogens is 5. The normalized spacial score (nSPS) is 15.3. The number of furan rings is 1. The van der Waals surface area contributed by atoms with Gasteiger partial charge in [-0.2, -0.15) is 14.6 Å². The Bertz CT molecular complexity index is 1640. The van der Waals surface area contributed by atoms with Gasteiger partial charge < -0.3 is 29.5 Å². The second kappa shape index (κ2) is 9.91. The number of carboxylic acid groups (broad SMARTS) is 1. The lowest BCUT2D eigenvalue weighted by atomic mass is 10.2. The summed E-state index contributed by atoms with van der Waals surface area (Å²) in [6.07, 6.45) is 2.30. The number of nitrogen functional groups attached to an aromatic ring is 1. The molecule has 0 radical (unpaired) electrons. The molecule has 202 valence electrons. The van der Waals surface area contributed by atoms with E-state index in [4.69, 9.17) is 20.0 Å². The zero-order valence-electron chi connectivity index (χ0n) is 21.2. The maximum atomic E-state index is 14.8. The number of halogens is 1. The van der Waals surface area contributed by atoms with E-state index in [-0.39, 0.29) is 11.7 Å². The molecule has 1 saturated heterocycles. The fraction of sp³-hybridized carbons (Fsp3) is 0.308. The van der Waals surface area contributed by atoms with Crippen molar-refractivity contribution in [2.75, 3.05) is 43.4 Å². The molecule has 6 rings (SSSR count). The molecule has 0 unspecified atom stereocenters. The van der Waals surface area contributed by atoms with Crippen molar-refractivity contribution in [1.82, 2.24) is 29.0 Å². The number of imidazole rings is 1. The van der Waals surface area contributed by atoms with Crippen molar-refractivity contribution in [1.29, 1.82) is 0 Å².